The highest BCUT2D eigenvalue weighted by atomic mass is 16.6. The van der Waals surface area contributed by atoms with E-state index in [0.717, 1.165) is 0 Å². The summed E-state index contributed by atoms with van der Waals surface area (Å²) >= 11 is 0. The smallest absolute Gasteiger partial charge is 0.347 e. The van der Waals surface area contributed by atoms with Crippen molar-refractivity contribution in [1.82, 2.24) is 0 Å². The first kappa shape index (κ1) is 13.5. The van der Waals surface area contributed by atoms with E-state index in [-0.39, 0.29) is 17.0 Å². The maximum absolute atomic E-state index is 12.0. The molecule has 0 spiro atoms. The molecule has 0 N–H and O–H groups in total. The van der Waals surface area contributed by atoms with Gasteiger partial charge >= 0.3 is 11.7 Å². The molecule has 2 rings (SSSR count). The molecule has 102 valence electrons. The minimum atomic E-state index is -0.711. The first-order valence-corrected chi connectivity index (χ1v) is 5.72. The van der Waals surface area contributed by atoms with Crippen molar-refractivity contribution >= 4 is 11.7 Å². The van der Waals surface area contributed by atoms with Crippen LogP contribution < -0.4 is 9.47 Å². The van der Waals surface area contributed by atoms with Crippen molar-refractivity contribution in [2.75, 3.05) is 7.11 Å². The monoisotopic (exact) mass is 273 g/mol. The van der Waals surface area contributed by atoms with Crippen molar-refractivity contribution in [2.24, 2.45) is 0 Å². The number of nitro benzene ring substituents is 1. The molecular formula is C14H11NO5. The second kappa shape index (κ2) is 5.83. The number of hydrogen-bond acceptors (Lipinski definition) is 5. The molecule has 2 aromatic carbocycles. The SMILES string of the molecule is COc1ccccc1C(=O)Oc1ccccc1[N+](=O)[O-]. The highest BCUT2D eigenvalue weighted by Gasteiger charge is 2.20. The van der Waals surface area contributed by atoms with Crippen LogP contribution in [0.1, 0.15) is 10.4 Å². The lowest BCUT2D eigenvalue weighted by Crippen LogP contribution is -2.11. The lowest BCUT2D eigenvalue weighted by molar-refractivity contribution is -0.385. The van der Waals surface area contributed by atoms with E-state index in [9.17, 15) is 14.9 Å². The van der Waals surface area contributed by atoms with E-state index < -0.39 is 10.9 Å². The minimum absolute atomic E-state index is 0.103. The Bertz CT molecular complexity index is 654. The van der Waals surface area contributed by atoms with E-state index in [2.05, 4.69) is 0 Å². The number of ether oxygens (including phenoxy) is 2. The van der Waals surface area contributed by atoms with Crippen molar-refractivity contribution in [2.45, 2.75) is 0 Å². The summed E-state index contributed by atoms with van der Waals surface area (Å²) in [6.07, 6.45) is 0. The topological polar surface area (TPSA) is 78.7 Å². The van der Waals surface area contributed by atoms with Crippen LogP contribution in [0.4, 0.5) is 5.69 Å². The molecule has 0 aliphatic rings. The Morgan fingerprint density at radius 3 is 2.30 bits per heavy atom. The number of benzene rings is 2. The number of nitrogens with zero attached hydrogens (tertiary/aromatic N) is 1. The number of hydrogen-bond donors (Lipinski definition) is 0. The van der Waals surface area contributed by atoms with Gasteiger partial charge in [-0.1, -0.05) is 24.3 Å². The molecule has 0 saturated heterocycles. The van der Waals surface area contributed by atoms with Gasteiger partial charge in [0, 0.05) is 6.07 Å². The fourth-order valence-electron chi connectivity index (χ4n) is 1.66. The Kier molecular flexibility index (Phi) is 3.95. The number of rotatable bonds is 4. The molecule has 2 aromatic rings. The van der Waals surface area contributed by atoms with Gasteiger partial charge in [0.25, 0.3) is 0 Å². The van der Waals surface area contributed by atoms with Crippen LogP contribution in [0.15, 0.2) is 48.5 Å². The Morgan fingerprint density at radius 1 is 1.05 bits per heavy atom. The Morgan fingerprint density at radius 2 is 1.65 bits per heavy atom. The number of para-hydroxylation sites is 3. The third kappa shape index (κ3) is 2.74. The van der Waals surface area contributed by atoms with E-state index in [1.165, 1.54) is 31.4 Å². The van der Waals surface area contributed by atoms with Gasteiger partial charge in [-0.2, -0.15) is 0 Å². The Labute approximate surface area is 114 Å². The normalized spacial score (nSPS) is 9.85. The quantitative estimate of drug-likeness (QED) is 0.370. The zero-order valence-corrected chi connectivity index (χ0v) is 10.6. The highest BCUT2D eigenvalue weighted by molar-refractivity contribution is 5.94. The van der Waals surface area contributed by atoms with E-state index in [4.69, 9.17) is 9.47 Å². The van der Waals surface area contributed by atoms with Gasteiger partial charge in [0.1, 0.15) is 11.3 Å². The van der Waals surface area contributed by atoms with Crippen LogP contribution in [-0.4, -0.2) is 18.0 Å². The first-order valence-electron chi connectivity index (χ1n) is 5.72. The molecule has 0 bridgehead atoms. The van der Waals surface area contributed by atoms with Crippen LogP contribution in [0.25, 0.3) is 0 Å². The first-order chi connectivity index (χ1) is 9.63. The highest BCUT2D eigenvalue weighted by Crippen LogP contribution is 2.28. The second-order valence-electron chi connectivity index (χ2n) is 3.81. The molecule has 0 aliphatic heterocycles. The predicted octanol–water partition coefficient (Wildman–Crippen LogP) is 2.82. The van der Waals surface area contributed by atoms with Crippen LogP contribution in [-0.2, 0) is 0 Å². The zero-order chi connectivity index (χ0) is 14.5. The van der Waals surface area contributed by atoms with E-state index >= 15 is 0 Å². The molecule has 0 unspecified atom stereocenters. The van der Waals surface area contributed by atoms with Gasteiger partial charge in [0.15, 0.2) is 0 Å². The lowest BCUT2D eigenvalue weighted by atomic mass is 10.2. The largest absolute Gasteiger partial charge is 0.496 e. The van der Waals surface area contributed by atoms with Gasteiger partial charge in [0.2, 0.25) is 5.75 Å². The van der Waals surface area contributed by atoms with Crippen molar-refractivity contribution in [1.29, 1.82) is 0 Å². The summed E-state index contributed by atoms with van der Waals surface area (Å²) in [5.74, 6) is -0.471. The van der Waals surface area contributed by atoms with Crippen LogP contribution >= 0.6 is 0 Å². The zero-order valence-electron chi connectivity index (χ0n) is 10.6. The molecule has 0 aromatic heterocycles. The number of methoxy groups -OCH3 is 1. The number of esters is 1. The van der Waals surface area contributed by atoms with Gasteiger partial charge in [0.05, 0.1) is 12.0 Å². The average molecular weight is 273 g/mol. The molecule has 20 heavy (non-hydrogen) atoms. The molecule has 0 fully saturated rings. The summed E-state index contributed by atoms with van der Waals surface area (Å²) in [5.41, 5.74) is -0.0658. The van der Waals surface area contributed by atoms with Gasteiger partial charge < -0.3 is 9.47 Å². The number of carbonyl (C=O) groups is 1. The second-order valence-corrected chi connectivity index (χ2v) is 3.81. The van der Waals surface area contributed by atoms with E-state index in [1.54, 1.807) is 24.3 Å². The summed E-state index contributed by atoms with van der Waals surface area (Å²) in [5, 5.41) is 10.9. The van der Waals surface area contributed by atoms with Gasteiger partial charge in [-0.05, 0) is 18.2 Å². The van der Waals surface area contributed by atoms with Gasteiger partial charge in [-0.15, -0.1) is 0 Å². The Balaban J connectivity index is 2.31. The fraction of sp³-hybridized carbons (Fsp3) is 0.0714. The minimum Gasteiger partial charge on any atom is -0.496 e. The van der Waals surface area contributed by atoms with Crippen molar-refractivity contribution in [3.63, 3.8) is 0 Å². The van der Waals surface area contributed by atoms with E-state index in [0.29, 0.717) is 5.75 Å². The van der Waals surface area contributed by atoms with Crippen LogP contribution in [0.2, 0.25) is 0 Å². The molecule has 0 amide bonds. The maximum atomic E-state index is 12.0. The average Bonchev–Trinajstić information content (AvgIpc) is 2.47. The molecule has 0 saturated carbocycles. The molecule has 6 nitrogen and oxygen atoms in total. The number of nitro groups is 1. The van der Waals surface area contributed by atoms with Gasteiger partial charge in [-0.25, -0.2) is 4.79 Å². The number of carbonyl (C=O) groups excluding carboxylic acids is 1. The molecule has 0 atom stereocenters. The molecule has 0 radical (unpaired) electrons. The third-order valence-electron chi connectivity index (χ3n) is 2.59. The predicted molar refractivity (Wildman–Crippen MR) is 71.0 cm³/mol. The summed E-state index contributed by atoms with van der Waals surface area (Å²) in [4.78, 5) is 22.3. The molecule has 0 heterocycles. The molecular weight excluding hydrogens is 262 g/mol. The van der Waals surface area contributed by atoms with Crippen LogP contribution in [0.5, 0.6) is 11.5 Å². The van der Waals surface area contributed by atoms with Gasteiger partial charge in [-0.3, -0.25) is 10.1 Å². The van der Waals surface area contributed by atoms with Crippen LogP contribution in [0.3, 0.4) is 0 Å². The summed E-state index contributed by atoms with van der Waals surface area (Å²) in [7, 11) is 1.43. The summed E-state index contributed by atoms with van der Waals surface area (Å²) in [6, 6.07) is 12.2. The summed E-state index contributed by atoms with van der Waals surface area (Å²) in [6.45, 7) is 0. The Hall–Kier alpha value is -2.89. The molecule has 0 aliphatic carbocycles. The third-order valence-corrected chi connectivity index (χ3v) is 2.59. The van der Waals surface area contributed by atoms with Crippen molar-refractivity contribution < 1.29 is 19.2 Å². The standard InChI is InChI=1S/C14H11NO5/c1-19-12-8-4-2-6-10(12)14(16)20-13-9-5-3-7-11(13)15(17)18/h2-9H,1H3. The fourth-order valence-corrected chi connectivity index (χ4v) is 1.66. The summed E-state index contributed by atoms with van der Waals surface area (Å²) < 4.78 is 10.1. The lowest BCUT2D eigenvalue weighted by Gasteiger charge is -2.08. The van der Waals surface area contributed by atoms with Crippen molar-refractivity contribution in [3.8, 4) is 11.5 Å². The molecule has 6 heteroatoms. The van der Waals surface area contributed by atoms with Crippen molar-refractivity contribution in [3.05, 3.63) is 64.2 Å². The maximum Gasteiger partial charge on any atom is 0.347 e. The van der Waals surface area contributed by atoms with Crippen LogP contribution in [0, 0.1) is 10.1 Å². The van der Waals surface area contributed by atoms with E-state index in [1.807, 2.05) is 0 Å².